The minimum atomic E-state index is -4.82. The van der Waals surface area contributed by atoms with Gasteiger partial charge in [0.2, 0.25) is 6.29 Å². The molecule has 1 aromatic heterocycles. The molecule has 13 heteroatoms. The molecule has 0 radical (unpaired) electrons. The van der Waals surface area contributed by atoms with Crippen molar-refractivity contribution < 1.29 is 104 Å². The summed E-state index contributed by atoms with van der Waals surface area (Å²) >= 11 is 0. The Morgan fingerprint density at radius 3 is 2.34 bits per heavy atom. The minimum absolute atomic E-state index is 0. The first kappa shape index (κ1) is 24.2. The summed E-state index contributed by atoms with van der Waals surface area (Å²) in [5.74, 6) is -2.15. The van der Waals surface area contributed by atoms with Crippen LogP contribution in [-0.2, 0) is 15.7 Å². The number of alkyl halides is 3. The van der Waals surface area contributed by atoms with E-state index in [-0.39, 0.29) is 57.1 Å². The summed E-state index contributed by atoms with van der Waals surface area (Å²) in [4.78, 5) is 22.4. The minimum Gasteiger partial charge on any atom is -0.547 e. The van der Waals surface area contributed by atoms with Crippen molar-refractivity contribution >= 4 is 16.9 Å². The summed E-state index contributed by atoms with van der Waals surface area (Å²) in [7, 11) is 0. The van der Waals surface area contributed by atoms with Gasteiger partial charge < -0.3 is 39.1 Å². The second-order valence-electron chi connectivity index (χ2n) is 5.97. The predicted octanol–water partition coefficient (Wildman–Crippen LogP) is -4.25. The number of carboxylic acids is 1. The number of ether oxygens (including phenoxy) is 2. The van der Waals surface area contributed by atoms with Crippen LogP contribution in [0.4, 0.5) is 13.2 Å². The second kappa shape index (κ2) is 8.99. The maximum absolute atomic E-state index is 13.0. The molecule has 3 rings (SSSR count). The topological polar surface area (TPSA) is 149 Å². The smallest absolute Gasteiger partial charge is 0.547 e. The number of aliphatic hydroxyl groups excluding tert-OH is 3. The summed E-state index contributed by atoms with van der Waals surface area (Å²) in [6.07, 6.45) is -14.5. The molecule has 29 heavy (non-hydrogen) atoms. The molecule has 1 aliphatic heterocycles. The molecule has 1 aliphatic rings. The molecular formula is C16H12F3KO9. The normalized spacial score (nSPS) is 27.3. The molecule has 1 fully saturated rings. The van der Waals surface area contributed by atoms with Crippen LogP contribution < -0.4 is 66.9 Å². The fourth-order valence-electron chi connectivity index (χ4n) is 2.73. The Kier molecular flexibility index (Phi) is 7.52. The van der Waals surface area contributed by atoms with Crippen LogP contribution in [0.2, 0.25) is 0 Å². The largest absolute Gasteiger partial charge is 1.00 e. The first-order valence-corrected chi connectivity index (χ1v) is 7.71. The maximum Gasteiger partial charge on any atom is 1.00 e. The molecule has 1 saturated heterocycles. The number of rotatable bonds is 3. The van der Waals surface area contributed by atoms with E-state index >= 15 is 0 Å². The van der Waals surface area contributed by atoms with E-state index < -0.39 is 65.0 Å². The Balaban J connectivity index is 0.00000300. The van der Waals surface area contributed by atoms with Gasteiger partial charge in [-0.2, -0.15) is 13.2 Å². The maximum atomic E-state index is 13.0. The number of carbonyl (C=O) groups excluding carboxylic acids is 1. The van der Waals surface area contributed by atoms with Gasteiger partial charge in [0.15, 0.2) is 0 Å². The average Bonchev–Trinajstić information content (AvgIpc) is 2.60. The fraction of sp³-hybridized carbons (Fsp3) is 0.375. The van der Waals surface area contributed by atoms with Crippen molar-refractivity contribution in [2.45, 2.75) is 36.9 Å². The third-order valence-electron chi connectivity index (χ3n) is 4.08. The number of carboxylic acid groups (broad SMARTS) is 1. The van der Waals surface area contributed by atoms with Crippen molar-refractivity contribution in [3.63, 3.8) is 0 Å². The second-order valence-corrected chi connectivity index (χ2v) is 5.97. The average molecular weight is 444 g/mol. The van der Waals surface area contributed by atoms with E-state index in [0.717, 1.165) is 18.2 Å². The Labute approximate surface area is 202 Å². The van der Waals surface area contributed by atoms with E-state index in [2.05, 4.69) is 0 Å². The third kappa shape index (κ3) is 5.00. The molecule has 0 unspecified atom stereocenters. The van der Waals surface area contributed by atoms with Crippen molar-refractivity contribution in [3.8, 4) is 5.75 Å². The molecule has 9 nitrogen and oxygen atoms in total. The van der Waals surface area contributed by atoms with Crippen LogP contribution in [0.1, 0.15) is 5.56 Å². The molecule has 2 heterocycles. The summed E-state index contributed by atoms with van der Waals surface area (Å²) in [6.45, 7) is 0. The van der Waals surface area contributed by atoms with E-state index in [4.69, 9.17) is 13.9 Å². The van der Waals surface area contributed by atoms with Crippen LogP contribution >= 0.6 is 0 Å². The molecule has 5 atom stereocenters. The molecule has 3 N–H and O–H groups in total. The summed E-state index contributed by atoms with van der Waals surface area (Å²) < 4.78 is 53.9. The molecule has 1 aromatic carbocycles. The van der Waals surface area contributed by atoms with Gasteiger partial charge in [0, 0.05) is 17.5 Å². The van der Waals surface area contributed by atoms with Gasteiger partial charge in [-0.25, -0.2) is 4.79 Å². The first-order valence-electron chi connectivity index (χ1n) is 7.71. The molecule has 0 aliphatic carbocycles. The van der Waals surface area contributed by atoms with Crippen molar-refractivity contribution in [2.24, 2.45) is 0 Å². The van der Waals surface area contributed by atoms with Crippen LogP contribution in [0.15, 0.2) is 33.5 Å². The van der Waals surface area contributed by atoms with Gasteiger partial charge >= 0.3 is 63.2 Å². The molecular weight excluding hydrogens is 432 g/mol. The van der Waals surface area contributed by atoms with Crippen molar-refractivity contribution in [1.29, 1.82) is 0 Å². The number of aliphatic hydroxyl groups is 3. The zero-order valence-electron chi connectivity index (χ0n) is 14.6. The van der Waals surface area contributed by atoms with Gasteiger partial charge in [-0.1, -0.05) is 0 Å². The Morgan fingerprint density at radius 1 is 1.10 bits per heavy atom. The summed E-state index contributed by atoms with van der Waals surface area (Å²) in [5.41, 5.74) is -2.98. The Bertz CT molecular complexity index is 961. The molecule has 152 valence electrons. The van der Waals surface area contributed by atoms with E-state index in [9.17, 15) is 43.2 Å². The van der Waals surface area contributed by atoms with Gasteiger partial charge in [-0.15, -0.1) is 0 Å². The number of hydrogen-bond acceptors (Lipinski definition) is 9. The van der Waals surface area contributed by atoms with Gasteiger partial charge in [0.1, 0.15) is 35.7 Å². The van der Waals surface area contributed by atoms with Crippen LogP contribution in [0.5, 0.6) is 5.75 Å². The van der Waals surface area contributed by atoms with Crippen LogP contribution in [0.25, 0.3) is 11.0 Å². The Morgan fingerprint density at radius 2 is 1.76 bits per heavy atom. The number of benzene rings is 1. The predicted molar refractivity (Wildman–Crippen MR) is 79.8 cm³/mol. The molecule has 0 saturated carbocycles. The van der Waals surface area contributed by atoms with Gasteiger partial charge in [0.25, 0.3) is 0 Å². The number of aliphatic carboxylic acids is 1. The van der Waals surface area contributed by atoms with Gasteiger partial charge in [-0.05, 0) is 12.1 Å². The monoisotopic (exact) mass is 444 g/mol. The first-order chi connectivity index (χ1) is 13.0. The number of hydrogen-bond donors (Lipinski definition) is 3. The molecule has 0 amide bonds. The van der Waals surface area contributed by atoms with E-state index in [1.165, 1.54) is 0 Å². The SMILES string of the molecule is O=C([O-])[C@H]1O[C@@H](Oc2ccc3c(C(F)(F)F)cc(=O)oc3c2)[C@H](O)[C@@H](O)[C@@H]1O.[K+]. The van der Waals surface area contributed by atoms with Crippen molar-refractivity contribution in [3.05, 3.63) is 40.2 Å². The van der Waals surface area contributed by atoms with Crippen LogP contribution in [0.3, 0.4) is 0 Å². The van der Waals surface area contributed by atoms with E-state index in [0.29, 0.717) is 6.07 Å². The fourth-order valence-corrected chi connectivity index (χ4v) is 2.73. The van der Waals surface area contributed by atoms with E-state index in [1.807, 2.05) is 0 Å². The van der Waals surface area contributed by atoms with E-state index in [1.54, 1.807) is 0 Å². The zero-order chi connectivity index (χ0) is 20.8. The summed E-state index contributed by atoms with van der Waals surface area (Å²) in [5, 5.41) is 39.7. The van der Waals surface area contributed by atoms with Crippen molar-refractivity contribution in [1.82, 2.24) is 0 Å². The van der Waals surface area contributed by atoms with Crippen LogP contribution in [-0.4, -0.2) is 52.0 Å². The van der Waals surface area contributed by atoms with Crippen molar-refractivity contribution in [2.75, 3.05) is 0 Å². The summed E-state index contributed by atoms with van der Waals surface area (Å²) in [6, 6.07) is 3.15. The zero-order valence-corrected chi connectivity index (χ0v) is 17.7. The number of fused-ring (bicyclic) bond motifs is 1. The molecule has 0 bridgehead atoms. The number of halogens is 3. The van der Waals surface area contributed by atoms with Crippen LogP contribution in [0, 0.1) is 0 Å². The Hall–Kier alpha value is -1.03. The number of carbonyl (C=O) groups is 1. The standard InChI is InChI=1S/C16H13F3O9.K/c17-16(18,19)7-4-9(20)27-8-3-5(1-2-6(7)8)26-15-12(23)10(21)11(22)13(28-15)14(24)25;/h1-4,10-13,15,21-23H,(H,24,25);/q;+1/p-1/t10-,11-,12+,13-,15+;/m0./s1. The molecule has 0 spiro atoms. The molecule has 2 aromatic rings. The third-order valence-corrected chi connectivity index (χ3v) is 4.08. The van der Waals surface area contributed by atoms with Gasteiger partial charge in [-0.3, -0.25) is 0 Å². The van der Waals surface area contributed by atoms with Gasteiger partial charge in [0.05, 0.1) is 11.5 Å². The quantitative estimate of drug-likeness (QED) is 0.316.